The number of aliphatic carboxylic acids is 1. The Hall–Kier alpha value is -2.60. The lowest BCUT2D eigenvalue weighted by Crippen LogP contribution is -2.57. The number of aromatic amines is 1. The Morgan fingerprint density at radius 3 is 2.32 bits per heavy atom. The van der Waals surface area contributed by atoms with Crippen LogP contribution in [-0.2, 0) is 25.6 Å². The summed E-state index contributed by atoms with van der Waals surface area (Å²) in [6.45, 7) is 2.96. The third-order valence-corrected chi connectivity index (χ3v) is 4.23. The molecule has 7 N–H and O–H groups in total. The van der Waals surface area contributed by atoms with Crippen molar-refractivity contribution in [3.05, 3.63) is 18.2 Å². The number of carbonyl (C=O) groups is 4. The quantitative estimate of drug-likeness (QED) is 0.205. The SMILES string of the molecule is CC(C)C(N)C(=O)NC(Cc1cnc[nH]1)C(=O)NC(CS)C(=O)NCC(=O)O. The van der Waals surface area contributed by atoms with E-state index in [0.29, 0.717) is 5.69 Å². The summed E-state index contributed by atoms with van der Waals surface area (Å²) in [5.74, 6) is -3.26. The molecule has 28 heavy (non-hydrogen) atoms. The molecule has 1 aromatic rings. The van der Waals surface area contributed by atoms with Crippen LogP contribution >= 0.6 is 12.6 Å². The number of aromatic nitrogens is 2. The Morgan fingerprint density at radius 1 is 1.18 bits per heavy atom. The Morgan fingerprint density at radius 2 is 1.82 bits per heavy atom. The molecule has 3 atom stereocenters. The monoisotopic (exact) mass is 414 g/mol. The van der Waals surface area contributed by atoms with Crippen molar-refractivity contribution < 1.29 is 24.3 Å². The van der Waals surface area contributed by atoms with Crippen molar-refractivity contribution >= 4 is 36.3 Å². The van der Waals surface area contributed by atoms with Crippen LogP contribution in [-0.4, -0.2) is 69.2 Å². The van der Waals surface area contributed by atoms with Gasteiger partial charge in [-0.1, -0.05) is 13.8 Å². The average Bonchev–Trinajstić information content (AvgIpc) is 3.15. The van der Waals surface area contributed by atoms with Gasteiger partial charge in [-0.05, 0) is 5.92 Å². The highest BCUT2D eigenvalue weighted by Gasteiger charge is 2.29. The fourth-order valence-corrected chi connectivity index (χ4v) is 2.41. The van der Waals surface area contributed by atoms with Crippen molar-refractivity contribution in [3.63, 3.8) is 0 Å². The van der Waals surface area contributed by atoms with Gasteiger partial charge in [0.25, 0.3) is 0 Å². The van der Waals surface area contributed by atoms with E-state index in [1.165, 1.54) is 12.5 Å². The molecule has 1 rings (SSSR count). The lowest BCUT2D eigenvalue weighted by molar-refractivity contribution is -0.138. The summed E-state index contributed by atoms with van der Waals surface area (Å²) in [7, 11) is 0. The molecule has 0 bridgehead atoms. The molecule has 0 spiro atoms. The molecule has 11 nitrogen and oxygen atoms in total. The van der Waals surface area contributed by atoms with Crippen LogP contribution in [0.5, 0.6) is 0 Å². The van der Waals surface area contributed by atoms with Gasteiger partial charge in [-0.2, -0.15) is 12.6 Å². The molecule has 1 aromatic heterocycles. The van der Waals surface area contributed by atoms with Crippen LogP contribution in [0.25, 0.3) is 0 Å². The van der Waals surface area contributed by atoms with Crippen molar-refractivity contribution in [2.24, 2.45) is 11.7 Å². The summed E-state index contributed by atoms with van der Waals surface area (Å²) in [6.07, 6.45) is 3.03. The molecule has 3 unspecified atom stereocenters. The topological polar surface area (TPSA) is 179 Å². The van der Waals surface area contributed by atoms with Gasteiger partial charge in [0, 0.05) is 24.1 Å². The van der Waals surface area contributed by atoms with Crippen molar-refractivity contribution in [2.45, 2.75) is 38.4 Å². The highest BCUT2D eigenvalue weighted by atomic mass is 32.1. The molecule has 156 valence electrons. The zero-order valence-electron chi connectivity index (χ0n) is 15.6. The van der Waals surface area contributed by atoms with E-state index in [1.807, 2.05) is 0 Å². The van der Waals surface area contributed by atoms with Gasteiger partial charge in [0.2, 0.25) is 17.7 Å². The third-order valence-electron chi connectivity index (χ3n) is 3.86. The smallest absolute Gasteiger partial charge is 0.322 e. The number of nitrogens with one attached hydrogen (secondary N) is 4. The summed E-state index contributed by atoms with van der Waals surface area (Å²) >= 11 is 4.01. The van der Waals surface area contributed by atoms with Crippen LogP contribution in [0.2, 0.25) is 0 Å². The Bertz CT molecular complexity index is 681. The molecule has 3 amide bonds. The lowest BCUT2D eigenvalue weighted by atomic mass is 10.0. The second-order valence-electron chi connectivity index (χ2n) is 6.47. The van der Waals surface area contributed by atoms with E-state index < -0.39 is 48.4 Å². The van der Waals surface area contributed by atoms with Gasteiger partial charge in [0.05, 0.1) is 12.4 Å². The van der Waals surface area contributed by atoms with Crippen LogP contribution in [0, 0.1) is 5.92 Å². The summed E-state index contributed by atoms with van der Waals surface area (Å²) in [6, 6.07) is -2.90. The number of carboxylic acid groups (broad SMARTS) is 1. The highest BCUT2D eigenvalue weighted by Crippen LogP contribution is 2.04. The maximum Gasteiger partial charge on any atom is 0.322 e. The highest BCUT2D eigenvalue weighted by molar-refractivity contribution is 7.80. The molecule has 0 saturated heterocycles. The number of hydrogen-bond acceptors (Lipinski definition) is 7. The molecule has 0 aliphatic heterocycles. The van der Waals surface area contributed by atoms with Crippen molar-refractivity contribution in [1.82, 2.24) is 25.9 Å². The number of rotatable bonds is 11. The average molecular weight is 414 g/mol. The van der Waals surface area contributed by atoms with Crippen molar-refractivity contribution in [2.75, 3.05) is 12.3 Å². The second-order valence-corrected chi connectivity index (χ2v) is 6.83. The summed E-state index contributed by atoms with van der Waals surface area (Å²) in [5, 5.41) is 15.9. The Balaban J connectivity index is 2.85. The molecule has 0 aliphatic carbocycles. The normalized spacial score (nSPS) is 14.0. The van der Waals surface area contributed by atoms with Crippen molar-refractivity contribution in [3.8, 4) is 0 Å². The van der Waals surface area contributed by atoms with Gasteiger partial charge < -0.3 is 31.8 Å². The fourth-order valence-electron chi connectivity index (χ4n) is 2.15. The van der Waals surface area contributed by atoms with Gasteiger partial charge in [-0.15, -0.1) is 0 Å². The van der Waals surface area contributed by atoms with Crippen LogP contribution in [0.3, 0.4) is 0 Å². The van der Waals surface area contributed by atoms with E-state index in [9.17, 15) is 19.2 Å². The maximum absolute atomic E-state index is 12.7. The van der Waals surface area contributed by atoms with Crippen LogP contribution in [0.1, 0.15) is 19.5 Å². The number of carboxylic acids is 1. The molecule has 0 radical (unpaired) electrons. The zero-order valence-corrected chi connectivity index (χ0v) is 16.5. The van der Waals surface area contributed by atoms with Gasteiger partial charge in [0.1, 0.15) is 18.6 Å². The number of carbonyl (C=O) groups excluding carboxylic acids is 3. The molecule has 0 aliphatic rings. The van der Waals surface area contributed by atoms with E-state index in [2.05, 4.69) is 38.5 Å². The van der Waals surface area contributed by atoms with Crippen molar-refractivity contribution in [1.29, 1.82) is 0 Å². The predicted molar refractivity (Wildman–Crippen MR) is 103 cm³/mol. The van der Waals surface area contributed by atoms with Gasteiger partial charge in [-0.3, -0.25) is 19.2 Å². The molecular formula is C16H26N6O5S. The number of H-pyrrole nitrogens is 1. The number of amides is 3. The maximum atomic E-state index is 12.7. The van der Waals surface area contributed by atoms with Gasteiger partial charge in [0.15, 0.2) is 0 Å². The van der Waals surface area contributed by atoms with Gasteiger partial charge >= 0.3 is 5.97 Å². The Labute approximate surface area is 167 Å². The van der Waals surface area contributed by atoms with Gasteiger partial charge in [-0.25, -0.2) is 4.98 Å². The van der Waals surface area contributed by atoms with E-state index in [-0.39, 0.29) is 18.1 Å². The summed E-state index contributed by atoms with van der Waals surface area (Å²) in [5.41, 5.74) is 6.42. The lowest BCUT2D eigenvalue weighted by Gasteiger charge is -2.24. The minimum absolute atomic E-state index is 0.0621. The summed E-state index contributed by atoms with van der Waals surface area (Å²) < 4.78 is 0. The van der Waals surface area contributed by atoms with E-state index >= 15 is 0 Å². The zero-order chi connectivity index (χ0) is 21.3. The summed E-state index contributed by atoms with van der Waals surface area (Å²) in [4.78, 5) is 54.3. The third kappa shape index (κ3) is 7.56. The number of nitrogens with zero attached hydrogens (tertiary/aromatic N) is 1. The molecular weight excluding hydrogens is 388 g/mol. The first-order valence-electron chi connectivity index (χ1n) is 8.59. The first-order valence-corrected chi connectivity index (χ1v) is 9.22. The first-order chi connectivity index (χ1) is 13.1. The number of thiol groups is 1. The first kappa shape index (κ1) is 23.4. The Kier molecular flexibility index (Phi) is 9.45. The van der Waals surface area contributed by atoms with E-state index in [0.717, 1.165) is 0 Å². The standard InChI is InChI=1S/C16H26N6O5S/c1-8(2)13(17)16(27)21-10(3-9-4-18-7-20-9)15(26)22-11(6-28)14(25)19-5-12(23)24/h4,7-8,10-11,13,28H,3,5-6,17H2,1-2H3,(H,18,20)(H,19,25)(H,21,27)(H,22,26)(H,23,24). The van der Waals surface area contributed by atoms with Crippen LogP contribution in [0.4, 0.5) is 0 Å². The predicted octanol–water partition coefficient (Wildman–Crippen LogP) is -1.96. The number of nitrogens with two attached hydrogens (primary N) is 1. The molecule has 1 heterocycles. The van der Waals surface area contributed by atoms with E-state index in [1.54, 1.807) is 13.8 Å². The molecule has 12 heteroatoms. The molecule has 0 fully saturated rings. The minimum atomic E-state index is -1.22. The fraction of sp³-hybridized carbons (Fsp3) is 0.562. The largest absolute Gasteiger partial charge is 0.480 e. The molecule has 0 saturated carbocycles. The van der Waals surface area contributed by atoms with Crippen LogP contribution < -0.4 is 21.7 Å². The van der Waals surface area contributed by atoms with E-state index in [4.69, 9.17) is 10.8 Å². The second kappa shape index (κ2) is 11.3. The van der Waals surface area contributed by atoms with Crippen LogP contribution in [0.15, 0.2) is 12.5 Å². The number of hydrogen-bond donors (Lipinski definition) is 7. The molecule has 0 aromatic carbocycles. The number of imidazole rings is 1. The minimum Gasteiger partial charge on any atom is -0.480 e.